The van der Waals surface area contributed by atoms with Gasteiger partial charge in [-0.1, -0.05) is 20.8 Å². The maximum atomic E-state index is 2.36. The molecule has 2 aliphatic carbocycles. The van der Waals surface area contributed by atoms with Gasteiger partial charge in [0.25, 0.3) is 0 Å². The third-order valence-electron chi connectivity index (χ3n) is 5.52. The Morgan fingerprint density at radius 3 is 1.75 bits per heavy atom. The van der Waals surface area contributed by atoms with E-state index in [9.17, 15) is 0 Å². The zero-order valence-electron chi connectivity index (χ0n) is 16.0. The third kappa shape index (κ3) is 2.02. The van der Waals surface area contributed by atoms with Crippen LogP contribution in [0.4, 0.5) is 0 Å². The van der Waals surface area contributed by atoms with E-state index in [1.807, 2.05) is 22.7 Å². The fourth-order valence-corrected chi connectivity index (χ4v) is 6.58. The highest BCUT2D eigenvalue weighted by molar-refractivity contribution is 7.15. The Balaban J connectivity index is 2.09. The maximum absolute atomic E-state index is 2.36. The molecule has 0 radical (unpaired) electrons. The Morgan fingerprint density at radius 1 is 0.708 bits per heavy atom. The van der Waals surface area contributed by atoms with Gasteiger partial charge in [-0.15, -0.1) is 22.7 Å². The van der Waals surface area contributed by atoms with Gasteiger partial charge < -0.3 is 0 Å². The van der Waals surface area contributed by atoms with Crippen LogP contribution in [0.25, 0.3) is 22.3 Å². The molecular formula is C22H26S2. The van der Waals surface area contributed by atoms with Crippen LogP contribution in [0, 0.1) is 33.1 Å². The molecule has 0 aliphatic heterocycles. The van der Waals surface area contributed by atoms with Gasteiger partial charge >= 0.3 is 0 Å². The lowest BCUT2D eigenvalue weighted by molar-refractivity contribution is 0.428. The maximum Gasteiger partial charge on any atom is 0.0393 e. The highest BCUT2D eigenvalue weighted by Crippen LogP contribution is 2.62. The molecule has 2 aromatic heterocycles. The van der Waals surface area contributed by atoms with Crippen molar-refractivity contribution < 1.29 is 0 Å². The van der Waals surface area contributed by atoms with Crippen molar-refractivity contribution in [1.82, 2.24) is 0 Å². The van der Waals surface area contributed by atoms with E-state index < -0.39 is 0 Å². The molecule has 0 nitrogen and oxygen atoms in total. The third-order valence-corrected chi connectivity index (χ3v) is 8.11. The first-order chi connectivity index (χ1) is 11.1. The van der Waals surface area contributed by atoms with Crippen LogP contribution < -0.4 is 0 Å². The average molecular weight is 355 g/mol. The molecule has 4 rings (SSSR count). The van der Waals surface area contributed by atoms with E-state index in [1.165, 1.54) is 31.3 Å². The van der Waals surface area contributed by atoms with Crippen LogP contribution in [-0.2, 0) is 0 Å². The van der Waals surface area contributed by atoms with Crippen LogP contribution in [0.3, 0.4) is 0 Å². The van der Waals surface area contributed by atoms with Crippen molar-refractivity contribution in [3.8, 4) is 0 Å². The molecule has 0 N–H and O–H groups in total. The fraction of sp³-hybridized carbons (Fsp3) is 0.455. The summed E-state index contributed by atoms with van der Waals surface area (Å²) in [5.41, 5.74) is 12.6. The number of rotatable bonds is 1. The molecule has 2 heteroatoms. The fourth-order valence-electron chi connectivity index (χ4n) is 4.19. The number of allylic oxidation sites excluding steroid dienone is 4. The summed E-state index contributed by atoms with van der Waals surface area (Å²) in [7, 11) is 0. The zero-order chi connectivity index (χ0) is 17.5. The SMILES string of the molecule is CC1=C2C(=C(CC(C)(C)C)c3sc(C)c(C)c32)c2c1sc(C)c2C. The van der Waals surface area contributed by atoms with Crippen LogP contribution in [0.2, 0.25) is 0 Å². The Bertz CT molecular complexity index is 949. The summed E-state index contributed by atoms with van der Waals surface area (Å²) in [4.78, 5) is 6.03. The monoisotopic (exact) mass is 354 g/mol. The van der Waals surface area contributed by atoms with Gasteiger partial charge in [-0.25, -0.2) is 0 Å². The lowest BCUT2D eigenvalue weighted by atomic mass is 9.85. The van der Waals surface area contributed by atoms with E-state index in [0.29, 0.717) is 5.41 Å². The Morgan fingerprint density at radius 2 is 1.21 bits per heavy atom. The number of hydrogen-bond acceptors (Lipinski definition) is 2. The second kappa shape index (κ2) is 4.95. The van der Waals surface area contributed by atoms with Crippen molar-refractivity contribution in [2.24, 2.45) is 5.41 Å². The molecule has 2 aromatic rings. The van der Waals surface area contributed by atoms with E-state index in [1.54, 1.807) is 32.7 Å². The molecule has 0 saturated heterocycles. The van der Waals surface area contributed by atoms with Crippen molar-refractivity contribution in [2.75, 3.05) is 0 Å². The molecule has 2 heterocycles. The quantitative estimate of drug-likeness (QED) is 0.493. The lowest BCUT2D eigenvalue weighted by Crippen LogP contribution is -2.05. The first-order valence-electron chi connectivity index (χ1n) is 8.77. The minimum Gasteiger partial charge on any atom is -0.140 e. The van der Waals surface area contributed by atoms with Gasteiger partial charge in [-0.2, -0.15) is 0 Å². The van der Waals surface area contributed by atoms with E-state index in [-0.39, 0.29) is 0 Å². The Kier molecular flexibility index (Phi) is 3.38. The minimum absolute atomic E-state index is 0.302. The summed E-state index contributed by atoms with van der Waals surface area (Å²) >= 11 is 4.00. The molecule has 126 valence electrons. The number of fused-ring (bicyclic) bond motifs is 5. The molecule has 24 heavy (non-hydrogen) atoms. The summed E-state index contributed by atoms with van der Waals surface area (Å²) in [5, 5.41) is 0. The predicted octanol–water partition coefficient (Wildman–Crippen LogP) is 7.65. The van der Waals surface area contributed by atoms with E-state index in [2.05, 4.69) is 55.4 Å². The second-order valence-electron chi connectivity index (χ2n) is 8.57. The van der Waals surface area contributed by atoms with Crippen molar-refractivity contribution in [1.29, 1.82) is 0 Å². The first-order valence-corrected chi connectivity index (χ1v) is 10.4. The van der Waals surface area contributed by atoms with Crippen molar-refractivity contribution >= 4 is 45.0 Å². The average Bonchev–Trinajstić information content (AvgIpc) is 3.10. The highest BCUT2D eigenvalue weighted by Gasteiger charge is 2.40. The molecule has 0 fully saturated rings. The number of hydrogen-bond donors (Lipinski definition) is 0. The van der Waals surface area contributed by atoms with Crippen LogP contribution >= 0.6 is 22.7 Å². The number of thiophene rings is 2. The van der Waals surface area contributed by atoms with Gasteiger partial charge in [0.05, 0.1) is 0 Å². The second-order valence-corrected chi connectivity index (χ2v) is 11.0. The van der Waals surface area contributed by atoms with Crippen molar-refractivity contribution in [3.05, 3.63) is 41.8 Å². The van der Waals surface area contributed by atoms with Crippen molar-refractivity contribution in [2.45, 2.75) is 61.8 Å². The van der Waals surface area contributed by atoms with Crippen LogP contribution in [-0.4, -0.2) is 0 Å². The summed E-state index contributed by atoms with van der Waals surface area (Å²) in [6.45, 7) is 18.6. The van der Waals surface area contributed by atoms with Gasteiger partial charge in [0.1, 0.15) is 0 Å². The highest BCUT2D eigenvalue weighted by atomic mass is 32.1. The summed E-state index contributed by atoms with van der Waals surface area (Å²) in [5.74, 6) is 0. The van der Waals surface area contributed by atoms with Crippen LogP contribution in [0.1, 0.15) is 75.9 Å². The van der Waals surface area contributed by atoms with Gasteiger partial charge in [-0.3, -0.25) is 0 Å². The van der Waals surface area contributed by atoms with Gasteiger partial charge in [0.2, 0.25) is 0 Å². The molecule has 0 unspecified atom stereocenters. The Hall–Kier alpha value is -1.12. The van der Waals surface area contributed by atoms with E-state index >= 15 is 0 Å². The zero-order valence-corrected chi connectivity index (χ0v) is 17.7. The molecule has 0 bridgehead atoms. The lowest BCUT2D eigenvalue weighted by Gasteiger charge is -2.20. The predicted molar refractivity (Wildman–Crippen MR) is 111 cm³/mol. The molecule has 0 spiro atoms. The summed E-state index contributed by atoms with van der Waals surface area (Å²) < 4.78 is 0. The smallest absolute Gasteiger partial charge is 0.0393 e. The van der Waals surface area contributed by atoms with Gasteiger partial charge in [0, 0.05) is 30.6 Å². The molecule has 0 aromatic carbocycles. The largest absolute Gasteiger partial charge is 0.140 e. The van der Waals surface area contributed by atoms with E-state index in [0.717, 1.165) is 6.42 Å². The summed E-state index contributed by atoms with van der Waals surface area (Å²) in [6, 6.07) is 0. The van der Waals surface area contributed by atoms with Crippen molar-refractivity contribution in [3.63, 3.8) is 0 Å². The number of aryl methyl sites for hydroxylation is 2. The molecule has 0 atom stereocenters. The van der Waals surface area contributed by atoms with Crippen LogP contribution in [0.5, 0.6) is 0 Å². The molecular weight excluding hydrogens is 328 g/mol. The molecule has 2 aliphatic rings. The minimum atomic E-state index is 0.302. The van der Waals surface area contributed by atoms with Gasteiger partial charge in [-0.05, 0) is 79.9 Å². The normalized spacial score (nSPS) is 16.2. The standard InChI is InChI=1S/C22H26S2/c1-10-14(5)24-21-15(9-22(6,7)8)19-16(17(10)21)12(3)20-18(19)11(2)13(4)23-20/h9H2,1-8H3. The van der Waals surface area contributed by atoms with E-state index in [4.69, 9.17) is 0 Å². The molecule has 0 saturated carbocycles. The van der Waals surface area contributed by atoms with Crippen LogP contribution in [0.15, 0.2) is 0 Å². The Labute approximate surface area is 153 Å². The summed E-state index contributed by atoms with van der Waals surface area (Å²) in [6.07, 6.45) is 1.15. The topological polar surface area (TPSA) is 0 Å². The molecule has 0 amide bonds. The first kappa shape index (κ1) is 16.4. The van der Waals surface area contributed by atoms with Gasteiger partial charge in [0.15, 0.2) is 0 Å².